The highest BCUT2D eigenvalue weighted by Gasteiger charge is 2.16. The number of hydrogen-bond donors (Lipinski definition) is 0. The predicted octanol–water partition coefficient (Wildman–Crippen LogP) is 0.954. The van der Waals surface area contributed by atoms with Gasteiger partial charge in [0.15, 0.2) is 0 Å². The molecule has 0 aromatic carbocycles. The Morgan fingerprint density at radius 1 is 1.33 bits per heavy atom. The Morgan fingerprint density at radius 2 is 2.08 bits per heavy atom. The summed E-state index contributed by atoms with van der Waals surface area (Å²) in [6.07, 6.45) is 5.20. The van der Waals surface area contributed by atoms with Gasteiger partial charge in [-0.2, -0.15) is 0 Å². The van der Waals surface area contributed by atoms with Crippen molar-refractivity contribution in [3.63, 3.8) is 0 Å². The molecule has 0 amide bonds. The molecule has 0 saturated carbocycles. The van der Waals surface area contributed by atoms with Crippen LogP contribution in [0.3, 0.4) is 0 Å². The summed E-state index contributed by atoms with van der Waals surface area (Å²) >= 11 is 0. The van der Waals surface area contributed by atoms with E-state index in [0.29, 0.717) is 0 Å². The van der Waals surface area contributed by atoms with Gasteiger partial charge in [-0.15, -0.1) is 0 Å². The summed E-state index contributed by atoms with van der Waals surface area (Å²) in [5, 5.41) is 0. The van der Waals surface area contributed by atoms with Crippen LogP contribution in [0.1, 0.15) is 12.8 Å². The molecule has 2 aliphatic rings. The van der Waals surface area contributed by atoms with Crippen LogP contribution in [0.15, 0.2) is 11.6 Å². The first-order valence-corrected chi connectivity index (χ1v) is 4.93. The molecule has 1 fully saturated rings. The van der Waals surface area contributed by atoms with Crippen LogP contribution in [0.5, 0.6) is 0 Å². The van der Waals surface area contributed by atoms with Crippen LogP contribution in [0.4, 0.5) is 0 Å². The maximum Gasteiger partial charge on any atom is 0.0206 e. The molecule has 0 bridgehead atoms. The smallest absolute Gasteiger partial charge is 0.0206 e. The molecule has 0 aliphatic carbocycles. The normalized spacial score (nSPS) is 26.6. The molecule has 0 radical (unpaired) electrons. The van der Waals surface area contributed by atoms with Crippen molar-refractivity contribution in [1.82, 2.24) is 9.80 Å². The van der Waals surface area contributed by atoms with Gasteiger partial charge in [-0.3, -0.25) is 9.80 Å². The quantitative estimate of drug-likeness (QED) is 0.564. The van der Waals surface area contributed by atoms with Crippen LogP contribution >= 0.6 is 0 Å². The van der Waals surface area contributed by atoms with Gasteiger partial charge >= 0.3 is 0 Å². The lowest BCUT2D eigenvalue weighted by Gasteiger charge is -2.16. The lowest BCUT2D eigenvalue weighted by atomic mass is 10.2. The molecular formula is C10H18N2. The molecule has 2 nitrogen and oxygen atoms in total. The number of rotatable bonds is 2. The summed E-state index contributed by atoms with van der Waals surface area (Å²) in [6.45, 7) is 6.21. The first-order valence-electron chi connectivity index (χ1n) is 4.93. The maximum absolute atomic E-state index is 2.57. The predicted molar refractivity (Wildman–Crippen MR) is 51.3 cm³/mol. The minimum Gasteiger partial charge on any atom is -0.299 e. The molecule has 2 heterocycles. The fourth-order valence-corrected chi connectivity index (χ4v) is 2.10. The van der Waals surface area contributed by atoms with E-state index in [1.165, 1.54) is 39.0 Å². The molecule has 0 spiro atoms. The Bertz CT molecular complexity index is 180. The molecule has 2 heteroatoms. The van der Waals surface area contributed by atoms with Crippen molar-refractivity contribution in [3.05, 3.63) is 11.6 Å². The van der Waals surface area contributed by atoms with Crippen LogP contribution < -0.4 is 0 Å². The average Bonchev–Trinajstić information content (AvgIpc) is 2.63. The minimum atomic E-state index is 1.16. The van der Waals surface area contributed by atoms with Crippen molar-refractivity contribution in [2.45, 2.75) is 12.8 Å². The summed E-state index contributed by atoms with van der Waals surface area (Å²) in [5.74, 6) is 0. The number of likely N-dealkylation sites (N-methyl/N-ethyl adjacent to an activating group) is 1. The van der Waals surface area contributed by atoms with Crippen LogP contribution in [-0.4, -0.2) is 49.6 Å². The topological polar surface area (TPSA) is 6.48 Å². The van der Waals surface area contributed by atoms with E-state index in [4.69, 9.17) is 0 Å². The van der Waals surface area contributed by atoms with Gasteiger partial charge in [0.05, 0.1) is 0 Å². The summed E-state index contributed by atoms with van der Waals surface area (Å²) in [6, 6.07) is 0. The standard InChI is InChI=1S/C10H18N2/c1-11-7-4-10(8-11)9-12-5-2-3-6-12/h4H,2-3,5-9H2,1H3. The molecule has 68 valence electrons. The highest BCUT2D eigenvalue weighted by Crippen LogP contribution is 2.13. The molecule has 2 aliphatic heterocycles. The largest absolute Gasteiger partial charge is 0.299 e. The highest BCUT2D eigenvalue weighted by molar-refractivity contribution is 5.13. The van der Waals surface area contributed by atoms with Crippen molar-refractivity contribution in [2.75, 3.05) is 39.8 Å². The summed E-state index contributed by atoms with van der Waals surface area (Å²) in [4.78, 5) is 4.94. The van der Waals surface area contributed by atoms with Gasteiger partial charge in [0, 0.05) is 19.6 Å². The van der Waals surface area contributed by atoms with Gasteiger partial charge in [0.2, 0.25) is 0 Å². The van der Waals surface area contributed by atoms with Gasteiger partial charge in [-0.05, 0) is 38.6 Å². The molecule has 0 aromatic heterocycles. The Balaban J connectivity index is 1.79. The van der Waals surface area contributed by atoms with E-state index >= 15 is 0 Å². The summed E-state index contributed by atoms with van der Waals surface area (Å²) < 4.78 is 0. The van der Waals surface area contributed by atoms with Crippen molar-refractivity contribution >= 4 is 0 Å². The average molecular weight is 166 g/mol. The Hall–Kier alpha value is -0.340. The number of hydrogen-bond acceptors (Lipinski definition) is 2. The van der Waals surface area contributed by atoms with Crippen LogP contribution in [-0.2, 0) is 0 Å². The van der Waals surface area contributed by atoms with E-state index in [0.717, 1.165) is 6.54 Å². The van der Waals surface area contributed by atoms with Gasteiger partial charge in [-0.25, -0.2) is 0 Å². The number of nitrogens with zero attached hydrogens (tertiary/aromatic N) is 2. The first-order chi connectivity index (χ1) is 5.84. The van der Waals surface area contributed by atoms with E-state index in [2.05, 4.69) is 22.9 Å². The molecule has 0 aromatic rings. The third kappa shape index (κ3) is 1.87. The molecule has 12 heavy (non-hydrogen) atoms. The molecule has 0 atom stereocenters. The molecule has 1 saturated heterocycles. The Morgan fingerprint density at radius 3 is 2.67 bits per heavy atom. The SMILES string of the molecule is CN1CC=C(CN2CCCC2)C1. The number of likely N-dealkylation sites (tertiary alicyclic amines) is 1. The molecule has 2 rings (SSSR count). The Labute approximate surface area is 74.8 Å². The summed E-state index contributed by atoms with van der Waals surface area (Å²) in [5.41, 5.74) is 1.62. The zero-order valence-electron chi connectivity index (χ0n) is 7.92. The fraction of sp³-hybridized carbons (Fsp3) is 0.800. The minimum absolute atomic E-state index is 1.16. The highest BCUT2D eigenvalue weighted by atomic mass is 15.2. The van der Waals surface area contributed by atoms with E-state index < -0.39 is 0 Å². The monoisotopic (exact) mass is 166 g/mol. The van der Waals surface area contributed by atoms with Gasteiger partial charge in [0.1, 0.15) is 0 Å². The second kappa shape index (κ2) is 3.58. The molecular weight excluding hydrogens is 148 g/mol. The van der Waals surface area contributed by atoms with Crippen molar-refractivity contribution in [1.29, 1.82) is 0 Å². The van der Waals surface area contributed by atoms with E-state index in [-0.39, 0.29) is 0 Å². The van der Waals surface area contributed by atoms with Crippen molar-refractivity contribution < 1.29 is 0 Å². The zero-order valence-corrected chi connectivity index (χ0v) is 7.92. The second-order valence-corrected chi connectivity index (χ2v) is 4.04. The Kier molecular flexibility index (Phi) is 2.47. The molecule has 0 unspecified atom stereocenters. The van der Waals surface area contributed by atoms with Crippen molar-refractivity contribution in [3.8, 4) is 0 Å². The van der Waals surface area contributed by atoms with E-state index in [9.17, 15) is 0 Å². The fourth-order valence-electron chi connectivity index (χ4n) is 2.10. The summed E-state index contributed by atoms with van der Waals surface area (Å²) in [7, 11) is 2.19. The van der Waals surface area contributed by atoms with Crippen LogP contribution in [0, 0.1) is 0 Å². The third-order valence-electron chi connectivity index (χ3n) is 2.79. The second-order valence-electron chi connectivity index (χ2n) is 4.04. The lowest BCUT2D eigenvalue weighted by molar-refractivity contribution is 0.354. The van der Waals surface area contributed by atoms with Crippen LogP contribution in [0.2, 0.25) is 0 Å². The third-order valence-corrected chi connectivity index (χ3v) is 2.79. The first kappa shape index (κ1) is 8.27. The maximum atomic E-state index is 2.57. The van der Waals surface area contributed by atoms with Crippen molar-refractivity contribution in [2.24, 2.45) is 0 Å². The van der Waals surface area contributed by atoms with Gasteiger partial charge in [-0.1, -0.05) is 6.08 Å². The van der Waals surface area contributed by atoms with Crippen LogP contribution in [0.25, 0.3) is 0 Å². The zero-order chi connectivity index (χ0) is 8.39. The van der Waals surface area contributed by atoms with Gasteiger partial charge in [0.25, 0.3) is 0 Å². The molecule has 0 N–H and O–H groups in total. The lowest BCUT2D eigenvalue weighted by Crippen LogP contribution is -2.24. The van der Waals surface area contributed by atoms with E-state index in [1.54, 1.807) is 5.57 Å². The van der Waals surface area contributed by atoms with Gasteiger partial charge < -0.3 is 0 Å². The van der Waals surface area contributed by atoms with E-state index in [1.807, 2.05) is 0 Å².